The number of aromatic nitrogens is 4. The van der Waals surface area contributed by atoms with Gasteiger partial charge in [-0.1, -0.05) is 4.49 Å². The van der Waals surface area contributed by atoms with Crippen LogP contribution in [0.4, 0.5) is 5.82 Å². The Kier molecular flexibility index (Phi) is 5.16. The molecule has 2 aromatic heterocycles. The number of anilines is 1. The van der Waals surface area contributed by atoms with Gasteiger partial charge in [0.15, 0.2) is 0 Å². The van der Waals surface area contributed by atoms with Gasteiger partial charge < -0.3 is 14.5 Å². The number of amides is 1. The van der Waals surface area contributed by atoms with E-state index < -0.39 is 0 Å². The summed E-state index contributed by atoms with van der Waals surface area (Å²) in [7, 11) is 1.65. The molecule has 8 nitrogen and oxygen atoms in total. The molecule has 1 aliphatic rings. The predicted octanol–water partition coefficient (Wildman–Crippen LogP) is 2.27. The molecule has 0 N–H and O–H groups in total. The van der Waals surface area contributed by atoms with Crippen molar-refractivity contribution in [3.8, 4) is 17.0 Å². The lowest BCUT2D eigenvalue weighted by Gasteiger charge is -2.35. The maximum absolute atomic E-state index is 12.6. The Morgan fingerprint density at radius 3 is 2.50 bits per heavy atom. The zero-order valence-corrected chi connectivity index (χ0v) is 16.5. The van der Waals surface area contributed by atoms with Gasteiger partial charge in [0, 0.05) is 37.8 Å². The molecule has 0 atom stereocenters. The Morgan fingerprint density at radius 1 is 1.11 bits per heavy atom. The molecule has 144 valence electrons. The first-order valence-electron chi connectivity index (χ1n) is 8.95. The van der Waals surface area contributed by atoms with Gasteiger partial charge in [0.05, 0.1) is 18.5 Å². The van der Waals surface area contributed by atoms with Gasteiger partial charge >= 0.3 is 0 Å². The zero-order valence-electron chi connectivity index (χ0n) is 15.7. The third-order valence-electron chi connectivity index (χ3n) is 4.78. The lowest BCUT2D eigenvalue weighted by atomic mass is 10.1. The second-order valence-corrected chi connectivity index (χ2v) is 7.21. The maximum Gasteiger partial charge on any atom is 0.267 e. The summed E-state index contributed by atoms with van der Waals surface area (Å²) in [5.74, 6) is 1.68. The lowest BCUT2D eigenvalue weighted by molar-refractivity contribution is 0.0750. The van der Waals surface area contributed by atoms with E-state index in [1.165, 1.54) is 0 Å². The van der Waals surface area contributed by atoms with Crippen LogP contribution < -0.4 is 9.64 Å². The predicted molar refractivity (Wildman–Crippen MR) is 107 cm³/mol. The summed E-state index contributed by atoms with van der Waals surface area (Å²) >= 11 is 1.16. The molecule has 1 aromatic carbocycles. The quantitative estimate of drug-likeness (QED) is 0.669. The Morgan fingerprint density at radius 2 is 1.86 bits per heavy atom. The average Bonchev–Trinajstić information content (AvgIpc) is 3.19. The van der Waals surface area contributed by atoms with Gasteiger partial charge in [-0.25, -0.2) is 9.97 Å². The molecule has 1 fully saturated rings. The van der Waals surface area contributed by atoms with Crippen LogP contribution in [0.1, 0.15) is 15.4 Å². The van der Waals surface area contributed by atoms with E-state index >= 15 is 0 Å². The van der Waals surface area contributed by atoms with Crippen molar-refractivity contribution in [2.24, 2.45) is 0 Å². The van der Waals surface area contributed by atoms with Gasteiger partial charge in [0.1, 0.15) is 22.8 Å². The SMILES string of the molecule is COc1ccc(-c2cc(N3CCN(C(=O)c4snnc4C)CC3)ncn2)cc1. The van der Waals surface area contributed by atoms with Crippen LogP contribution in [0.2, 0.25) is 0 Å². The Hall–Kier alpha value is -3.07. The van der Waals surface area contributed by atoms with Crippen LogP contribution in [-0.4, -0.2) is 63.7 Å². The second-order valence-electron chi connectivity index (χ2n) is 6.46. The molecule has 0 aliphatic carbocycles. The molecule has 0 bridgehead atoms. The summed E-state index contributed by atoms with van der Waals surface area (Å²) in [5.41, 5.74) is 2.56. The molecule has 4 rings (SSSR count). The third kappa shape index (κ3) is 3.65. The molecule has 0 unspecified atom stereocenters. The van der Waals surface area contributed by atoms with Crippen LogP contribution in [0.15, 0.2) is 36.7 Å². The number of methoxy groups -OCH3 is 1. The minimum absolute atomic E-state index is 0.00811. The molecular weight excluding hydrogens is 376 g/mol. The van der Waals surface area contributed by atoms with Crippen LogP contribution in [0.3, 0.4) is 0 Å². The highest BCUT2D eigenvalue weighted by Gasteiger charge is 2.25. The number of hydrogen-bond acceptors (Lipinski definition) is 8. The molecule has 9 heteroatoms. The maximum atomic E-state index is 12.6. The van der Waals surface area contributed by atoms with Gasteiger partial charge in [-0.3, -0.25) is 4.79 Å². The molecule has 1 saturated heterocycles. The first-order valence-corrected chi connectivity index (χ1v) is 9.72. The molecular formula is C19H20N6O2S. The average molecular weight is 396 g/mol. The highest BCUT2D eigenvalue weighted by Crippen LogP contribution is 2.24. The Balaban J connectivity index is 1.44. The summed E-state index contributed by atoms with van der Waals surface area (Å²) in [4.78, 5) is 26.1. The summed E-state index contributed by atoms with van der Waals surface area (Å²) in [6, 6.07) is 9.77. The Bertz CT molecular complexity index is 967. The van der Waals surface area contributed by atoms with Crippen molar-refractivity contribution in [3.05, 3.63) is 47.2 Å². The number of carbonyl (C=O) groups is 1. The minimum atomic E-state index is 0.00811. The number of rotatable bonds is 4. The molecule has 0 saturated carbocycles. The molecule has 0 radical (unpaired) electrons. The van der Waals surface area contributed by atoms with Crippen molar-refractivity contribution in [3.63, 3.8) is 0 Å². The summed E-state index contributed by atoms with van der Waals surface area (Å²) in [6.07, 6.45) is 1.58. The second kappa shape index (κ2) is 7.89. The number of nitrogens with zero attached hydrogens (tertiary/aromatic N) is 6. The van der Waals surface area contributed by atoms with Crippen LogP contribution in [0.25, 0.3) is 11.3 Å². The van der Waals surface area contributed by atoms with Crippen LogP contribution in [0, 0.1) is 6.92 Å². The lowest BCUT2D eigenvalue weighted by Crippen LogP contribution is -2.49. The van der Waals surface area contributed by atoms with E-state index in [1.54, 1.807) is 13.4 Å². The highest BCUT2D eigenvalue weighted by atomic mass is 32.1. The topological polar surface area (TPSA) is 84.3 Å². The van der Waals surface area contributed by atoms with Crippen LogP contribution >= 0.6 is 11.5 Å². The van der Waals surface area contributed by atoms with E-state index in [4.69, 9.17) is 4.74 Å². The molecule has 3 aromatic rings. The smallest absolute Gasteiger partial charge is 0.267 e. The van der Waals surface area contributed by atoms with Crippen LogP contribution in [-0.2, 0) is 0 Å². The zero-order chi connectivity index (χ0) is 19.5. The largest absolute Gasteiger partial charge is 0.497 e. The van der Waals surface area contributed by atoms with E-state index in [0.717, 1.165) is 47.4 Å². The van der Waals surface area contributed by atoms with Crippen molar-refractivity contribution >= 4 is 23.3 Å². The highest BCUT2D eigenvalue weighted by molar-refractivity contribution is 7.07. The normalized spacial score (nSPS) is 14.2. The number of aryl methyl sites for hydroxylation is 1. The minimum Gasteiger partial charge on any atom is -0.497 e. The third-order valence-corrected chi connectivity index (χ3v) is 5.59. The fraction of sp³-hybridized carbons (Fsp3) is 0.316. The Labute approximate surface area is 167 Å². The number of ether oxygens (including phenoxy) is 1. The fourth-order valence-electron chi connectivity index (χ4n) is 3.15. The fourth-order valence-corrected chi connectivity index (χ4v) is 3.77. The van der Waals surface area contributed by atoms with Gasteiger partial charge in [-0.2, -0.15) is 0 Å². The molecule has 0 spiro atoms. The standard InChI is InChI=1S/C19H20N6O2S/c1-13-18(28-23-22-13)19(26)25-9-7-24(8-10-25)17-11-16(20-12-21-17)14-3-5-15(27-2)6-4-14/h3-6,11-12H,7-10H2,1-2H3. The first-order chi connectivity index (χ1) is 13.7. The summed E-state index contributed by atoms with van der Waals surface area (Å²) < 4.78 is 9.07. The van der Waals surface area contributed by atoms with E-state index in [1.807, 2.05) is 42.2 Å². The number of hydrogen-bond donors (Lipinski definition) is 0. The van der Waals surface area contributed by atoms with E-state index in [9.17, 15) is 4.79 Å². The number of benzene rings is 1. The van der Waals surface area contributed by atoms with Crippen molar-refractivity contribution in [2.75, 3.05) is 38.2 Å². The van der Waals surface area contributed by atoms with Crippen molar-refractivity contribution in [2.45, 2.75) is 6.92 Å². The van der Waals surface area contributed by atoms with E-state index in [2.05, 4.69) is 24.5 Å². The van der Waals surface area contributed by atoms with Crippen molar-refractivity contribution in [1.82, 2.24) is 24.5 Å². The van der Waals surface area contributed by atoms with Gasteiger partial charge in [-0.15, -0.1) is 5.10 Å². The molecule has 28 heavy (non-hydrogen) atoms. The van der Waals surface area contributed by atoms with E-state index in [-0.39, 0.29) is 5.91 Å². The summed E-state index contributed by atoms with van der Waals surface area (Å²) in [5, 5.41) is 3.93. The van der Waals surface area contributed by atoms with Gasteiger partial charge in [0.25, 0.3) is 5.91 Å². The first kappa shape index (κ1) is 18.3. The molecule has 1 amide bonds. The van der Waals surface area contributed by atoms with Gasteiger partial charge in [-0.05, 0) is 42.7 Å². The van der Waals surface area contributed by atoms with Gasteiger partial charge in [0.2, 0.25) is 0 Å². The number of carbonyl (C=O) groups excluding carboxylic acids is 1. The number of piperazine rings is 1. The monoisotopic (exact) mass is 396 g/mol. The molecule has 3 heterocycles. The van der Waals surface area contributed by atoms with Crippen LogP contribution in [0.5, 0.6) is 5.75 Å². The van der Waals surface area contributed by atoms with Crippen molar-refractivity contribution in [1.29, 1.82) is 0 Å². The van der Waals surface area contributed by atoms with Crippen molar-refractivity contribution < 1.29 is 9.53 Å². The van der Waals surface area contributed by atoms with E-state index in [0.29, 0.717) is 23.7 Å². The molecule has 1 aliphatic heterocycles. The summed E-state index contributed by atoms with van der Waals surface area (Å²) in [6.45, 7) is 4.52.